The number of para-hydroxylation sites is 1. The van der Waals surface area contributed by atoms with Gasteiger partial charge < -0.3 is 25.0 Å². The number of ether oxygens (including phenoxy) is 1. The van der Waals surface area contributed by atoms with Crippen molar-refractivity contribution < 1.29 is 19.0 Å². The minimum absolute atomic E-state index is 0.0710. The van der Waals surface area contributed by atoms with Crippen molar-refractivity contribution >= 4 is 17.3 Å². The fraction of sp³-hybridized carbons (Fsp3) is 0.409. The molecular weight excluding hydrogens is 373 g/mol. The van der Waals surface area contributed by atoms with Crippen LogP contribution < -0.4 is 15.0 Å². The number of fused-ring (bicyclic) bond motifs is 3. The third kappa shape index (κ3) is 3.29. The summed E-state index contributed by atoms with van der Waals surface area (Å²) in [5.74, 6) is -0.0667. The predicted octanol–water partition coefficient (Wildman–Crippen LogP) is 2.93. The molecule has 152 valence electrons. The Hall–Kier alpha value is -2.80. The number of halogens is 1. The van der Waals surface area contributed by atoms with Crippen molar-refractivity contribution in [2.75, 3.05) is 43.0 Å². The molecule has 1 amide bonds. The lowest BCUT2D eigenvalue weighted by molar-refractivity contribution is -0.115. The van der Waals surface area contributed by atoms with Gasteiger partial charge in [0.1, 0.15) is 5.75 Å². The van der Waals surface area contributed by atoms with Gasteiger partial charge in [0.05, 0.1) is 24.5 Å². The van der Waals surface area contributed by atoms with Crippen LogP contribution in [-0.4, -0.2) is 54.7 Å². The van der Waals surface area contributed by atoms with E-state index in [-0.39, 0.29) is 5.91 Å². The SMILES string of the molecule is O=C1CN2c3c(cccc3[C@@H]3CN(CCCOc4ccc(F)c(O)c4)CC[C@@H]32)N1. The van der Waals surface area contributed by atoms with E-state index >= 15 is 0 Å². The fourth-order valence-electron chi connectivity index (χ4n) is 4.94. The Kier molecular flexibility index (Phi) is 4.54. The summed E-state index contributed by atoms with van der Waals surface area (Å²) in [6.45, 7) is 3.86. The Labute approximate surface area is 168 Å². The maximum Gasteiger partial charge on any atom is 0.243 e. The molecule has 5 rings (SSSR count). The van der Waals surface area contributed by atoms with Crippen molar-refractivity contribution in [3.8, 4) is 11.5 Å². The van der Waals surface area contributed by atoms with E-state index in [2.05, 4.69) is 21.2 Å². The van der Waals surface area contributed by atoms with Gasteiger partial charge in [-0.25, -0.2) is 4.39 Å². The standard InChI is InChI=1S/C22H24FN3O3/c23-17-6-5-14(11-20(17)27)29-10-2-8-25-9-7-19-16(12-25)15-3-1-4-18-22(15)26(19)13-21(28)24-18/h1,3-6,11,16,19,27H,2,7-10,12-13H2,(H,24,28)/t16-,19-/m0/s1. The summed E-state index contributed by atoms with van der Waals surface area (Å²) in [6, 6.07) is 10.7. The molecule has 1 saturated heterocycles. The van der Waals surface area contributed by atoms with Crippen LogP contribution in [0.15, 0.2) is 36.4 Å². The summed E-state index contributed by atoms with van der Waals surface area (Å²) in [7, 11) is 0. The van der Waals surface area contributed by atoms with Crippen molar-refractivity contribution in [2.45, 2.75) is 24.8 Å². The molecule has 2 atom stereocenters. The van der Waals surface area contributed by atoms with Crippen LogP contribution >= 0.6 is 0 Å². The molecule has 0 bridgehead atoms. The van der Waals surface area contributed by atoms with Crippen molar-refractivity contribution in [2.24, 2.45) is 0 Å². The van der Waals surface area contributed by atoms with Crippen LogP contribution in [0.25, 0.3) is 0 Å². The number of nitrogens with zero attached hydrogens (tertiary/aromatic N) is 2. The zero-order chi connectivity index (χ0) is 20.0. The first-order valence-corrected chi connectivity index (χ1v) is 10.1. The molecule has 29 heavy (non-hydrogen) atoms. The molecule has 3 aliphatic heterocycles. The Morgan fingerprint density at radius 3 is 3.03 bits per heavy atom. The maximum absolute atomic E-state index is 13.1. The lowest BCUT2D eigenvalue weighted by Crippen LogP contribution is -2.49. The molecule has 7 heteroatoms. The molecule has 0 aromatic heterocycles. The van der Waals surface area contributed by atoms with E-state index in [1.54, 1.807) is 0 Å². The summed E-state index contributed by atoms with van der Waals surface area (Å²) in [5, 5.41) is 12.4. The lowest BCUT2D eigenvalue weighted by Gasteiger charge is -2.39. The number of benzene rings is 2. The molecule has 2 aromatic rings. The highest BCUT2D eigenvalue weighted by Gasteiger charge is 2.44. The average molecular weight is 397 g/mol. The van der Waals surface area contributed by atoms with E-state index < -0.39 is 11.6 Å². The van der Waals surface area contributed by atoms with Crippen molar-refractivity contribution in [3.63, 3.8) is 0 Å². The van der Waals surface area contributed by atoms with Gasteiger partial charge in [-0.1, -0.05) is 12.1 Å². The second kappa shape index (κ2) is 7.22. The number of piperidine rings is 1. The molecular formula is C22H24FN3O3. The van der Waals surface area contributed by atoms with Gasteiger partial charge in [0.15, 0.2) is 11.6 Å². The second-order valence-corrected chi connectivity index (χ2v) is 8.00. The molecule has 0 radical (unpaired) electrons. The van der Waals surface area contributed by atoms with Crippen LogP contribution in [0.2, 0.25) is 0 Å². The number of carbonyl (C=O) groups is 1. The Bertz CT molecular complexity index is 951. The maximum atomic E-state index is 13.1. The Morgan fingerprint density at radius 2 is 2.17 bits per heavy atom. The van der Waals surface area contributed by atoms with Crippen LogP contribution in [0.5, 0.6) is 11.5 Å². The van der Waals surface area contributed by atoms with Gasteiger partial charge >= 0.3 is 0 Å². The molecule has 0 saturated carbocycles. The number of likely N-dealkylation sites (tertiary alicyclic amines) is 1. The van der Waals surface area contributed by atoms with Gasteiger partial charge in [0.25, 0.3) is 0 Å². The van der Waals surface area contributed by atoms with Gasteiger partial charge in [-0.2, -0.15) is 0 Å². The smallest absolute Gasteiger partial charge is 0.243 e. The molecule has 2 aromatic carbocycles. The first-order valence-electron chi connectivity index (χ1n) is 10.1. The van der Waals surface area contributed by atoms with E-state index in [4.69, 9.17) is 4.74 Å². The van der Waals surface area contributed by atoms with Gasteiger partial charge in [-0.15, -0.1) is 0 Å². The number of phenolic OH excluding ortho intramolecular Hbond substituents is 1. The number of amides is 1. The number of nitrogens with one attached hydrogen (secondary N) is 1. The van der Waals surface area contributed by atoms with Gasteiger partial charge in [0.2, 0.25) is 5.91 Å². The van der Waals surface area contributed by atoms with Crippen LogP contribution in [0.1, 0.15) is 24.3 Å². The van der Waals surface area contributed by atoms with E-state index in [1.807, 2.05) is 12.1 Å². The summed E-state index contributed by atoms with van der Waals surface area (Å²) >= 11 is 0. The molecule has 0 unspecified atom stereocenters. The summed E-state index contributed by atoms with van der Waals surface area (Å²) in [5.41, 5.74) is 3.49. The van der Waals surface area contributed by atoms with Gasteiger partial charge in [-0.05, 0) is 36.6 Å². The van der Waals surface area contributed by atoms with Crippen molar-refractivity contribution in [1.82, 2.24) is 4.90 Å². The van der Waals surface area contributed by atoms with Crippen LogP contribution in [0.3, 0.4) is 0 Å². The minimum Gasteiger partial charge on any atom is -0.505 e. The van der Waals surface area contributed by atoms with Crippen molar-refractivity contribution in [1.29, 1.82) is 0 Å². The topological polar surface area (TPSA) is 65.0 Å². The van der Waals surface area contributed by atoms with E-state index in [1.165, 1.54) is 29.4 Å². The minimum atomic E-state index is -0.643. The Balaban J connectivity index is 1.19. The molecule has 0 aliphatic carbocycles. The highest BCUT2D eigenvalue weighted by Crippen LogP contribution is 2.49. The van der Waals surface area contributed by atoms with E-state index in [0.717, 1.165) is 38.2 Å². The predicted molar refractivity (Wildman–Crippen MR) is 108 cm³/mol. The van der Waals surface area contributed by atoms with Crippen molar-refractivity contribution in [3.05, 3.63) is 47.8 Å². The first-order chi connectivity index (χ1) is 14.1. The summed E-state index contributed by atoms with van der Waals surface area (Å²) < 4.78 is 18.7. The zero-order valence-electron chi connectivity index (χ0n) is 16.1. The van der Waals surface area contributed by atoms with Gasteiger partial charge in [0, 0.05) is 37.7 Å². The van der Waals surface area contributed by atoms with E-state index in [0.29, 0.717) is 30.9 Å². The normalized spacial score (nSPS) is 22.8. The summed E-state index contributed by atoms with van der Waals surface area (Å²) in [6.07, 6.45) is 1.89. The number of anilines is 2. The third-order valence-corrected chi connectivity index (χ3v) is 6.21. The van der Waals surface area contributed by atoms with Gasteiger partial charge in [-0.3, -0.25) is 4.79 Å². The second-order valence-electron chi connectivity index (χ2n) is 8.00. The fourth-order valence-corrected chi connectivity index (χ4v) is 4.94. The van der Waals surface area contributed by atoms with Crippen LogP contribution in [0.4, 0.5) is 15.8 Å². The quantitative estimate of drug-likeness (QED) is 0.760. The largest absolute Gasteiger partial charge is 0.505 e. The molecule has 3 heterocycles. The van der Waals surface area contributed by atoms with E-state index in [9.17, 15) is 14.3 Å². The monoisotopic (exact) mass is 397 g/mol. The highest BCUT2D eigenvalue weighted by atomic mass is 19.1. The Morgan fingerprint density at radius 1 is 1.28 bits per heavy atom. The number of aromatic hydroxyl groups is 1. The number of hydrogen-bond donors (Lipinski definition) is 2. The molecule has 2 N–H and O–H groups in total. The number of hydrogen-bond acceptors (Lipinski definition) is 5. The third-order valence-electron chi connectivity index (χ3n) is 6.21. The molecule has 0 spiro atoms. The molecule has 3 aliphatic rings. The average Bonchev–Trinajstić information content (AvgIpc) is 3.02. The molecule has 1 fully saturated rings. The molecule has 6 nitrogen and oxygen atoms in total. The number of rotatable bonds is 5. The number of phenols is 1. The first kappa shape index (κ1) is 18.2. The number of carbonyl (C=O) groups excluding carboxylic acids is 1. The zero-order valence-corrected chi connectivity index (χ0v) is 16.1. The summed E-state index contributed by atoms with van der Waals surface area (Å²) in [4.78, 5) is 16.8. The van der Waals surface area contributed by atoms with Crippen LogP contribution in [-0.2, 0) is 4.79 Å². The van der Waals surface area contributed by atoms with Crippen LogP contribution in [0, 0.1) is 5.82 Å². The highest BCUT2D eigenvalue weighted by molar-refractivity contribution is 6.03. The lowest BCUT2D eigenvalue weighted by atomic mass is 9.89.